The summed E-state index contributed by atoms with van der Waals surface area (Å²) in [6.07, 6.45) is 1.69. The third-order valence-electron chi connectivity index (χ3n) is 5.45. The van der Waals surface area contributed by atoms with Crippen molar-refractivity contribution in [2.45, 2.75) is 13.3 Å². The van der Waals surface area contributed by atoms with E-state index in [1.807, 2.05) is 48.5 Å². The van der Waals surface area contributed by atoms with Crippen LogP contribution in [-0.2, 0) is 16.6 Å². The number of nitrogens with zero attached hydrogens (tertiary/aromatic N) is 3. The topological polar surface area (TPSA) is 76.3 Å². The maximum atomic E-state index is 13.0. The van der Waals surface area contributed by atoms with Crippen molar-refractivity contribution in [3.8, 4) is 5.69 Å². The zero-order chi connectivity index (χ0) is 24.4. The van der Waals surface area contributed by atoms with E-state index in [4.69, 9.17) is 23.8 Å². The Hall–Kier alpha value is -3.14. The Balaban J connectivity index is 1.45. The summed E-state index contributed by atoms with van der Waals surface area (Å²) >= 11 is 12.7. The average molecular weight is 513 g/mol. The number of halogens is 1. The third kappa shape index (κ3) is 4.72. The first-order chi connectivity index (χ1) is 16.3. The van der Waals surface area contributed by atoms with Gasteiger partial charge in [0.05, 0.1) is 16.3 Å². The fourth-order valence-corrected chi connectivity index (χ4v) is 5.04. The number of carbonyl (C=O) groups excluding carboxylic acids is 2. The number of thiocarbonyl (C=S) groups is 1. The molecule has 1 saturated heterocycles. The fraction of sp³-hybridized carbons (Fsp3) is 0.167. The average Bonchev–Trinajstić information content (AvgIpc) is 3.20. The summed E-state index contributed by atoms with van der Waals surface area (Å²) < 4.78 is 3.56. The van der Waals surface area contributed by atoms with Crippen LogP contribution in [-0.4, -0.2) is 36.9 Å². The Kier molecular flexibility index (Phi) is 7.06. The number of amides is 2. The Morgan fingerprint density at radius 3 is 2.50 bits per heavy atom. The number of para-hydroxylation sites is 1. The predicted octanol–water partition coefficient (Wildman–Crippen LogP) is 4.37. The minimum absolute atomic E-state index is 0.00900. The Labute approximate surface area is 211 Å². The molecule has 1 aromatic heterocycles. The molecular weight excluding hydrogens is 492 g/mol. The van der Waals surface area contributed by atoms with Gasteiger partial charge in [-0.05, 0) is 36.8 Å². The van der Waals surface area contributed by atoms with Gasteiger partial charge >= 0.3 is 0 Å². The van der Waals surface area contributed by atoms with Crippen molar-refractivity contribution in [2.24, 2.45) is 7.05 Å². The van der Waals surface area contributed by atoms with Crippen LogP contribution in [0, 0.1) is 6.92 Å². The summed E-state index contributed by atoms with van der Waals surface area (Å²) in [6.45, 7) is 1.87. The zero-order valence-corrected chi connectivity index (χ0v) is 20.8. The lowest BCUT2D eigenvalue weighted by molar-refractivity contribution is -0.122. The van der Waals surface area contributed by atoms with Gasteiger partial charge in [-0.15, -0.1) is 0 Å². The predicted molar refractivity (Wildman–Crippen MR) is 140 cm³/mol. The summed E-state index contributed by atoms with van der Waals surface area (Å²) in [6, 6.07) is 16.4. The molecule has 2 aromatic carbocycles. The van der Waals surface area contributed by atoms with Gasteiger partial charge in [0.1, 0.15) is 10.0 Å². The molecule has 7 nitrogen and oxygen atoms in total. The zero-order valence-electron chi connectivity index (χ0n) is 18.4. The summed E-state index contributed by atoms with van der Waals surface area (Å²) in [5, 5.41) is 3.24. The highest BCUT2D eigenvalue weighted by Crippen LogP contribution is 2.33. The molecule has 34 heavy (non-hydrogen) atoms. The first-order valence-electron chi connectivity index (χ1n) is 10.4. The van der Waals surface area contributed by atoms with Crippen LogP contribution in [0.5, 0.6) is 0 Å². The summed E-state index contributed by atoms with van der Waals surface area (Å²) in [7, 11) is 1.75. The molecule has 0 radical (unpaired) electrons. The fourth-order valence-electron chi connectivity index (χ4n) is 3.55. The van der Waals surface area contributed by atoms with Crippen molar-refractivity contribution in [1.82, 2.24) is 14.3 Å². The van der Waals surface area contributed by atoms with Crippen LogP contribution in [0.2, 0.25) is 5.02 Å². The number of hydrogen-bond acceptors (Lipinski definition) is 5. The molecule has 10 heteroatoms. The molecule has 0 atom stereocenters. The van der Waals surface area contributed by atoms with Crippen molar-refractivity contribution in [3.63, 3.8) is 0 Å². The van der Waals surface area contributed by atoms with Crippen molar-refractivity contribution in [1.29, 1.82) is 0 Å². The molecule has 0 spiro atoms. The lowest BCUT2D eigenvalue weighted by atomic mass is 10.2. The molecule has 0 saturated carbocycles. The molecular formula is C24H21ClN4O3S2. The number of anilines is 1. The summed E-state index contributed by atoms with van der Waals surface area (Å²) in [4.78, 5) is 40.3. The molecule has 0 bridgehead atoms. The van der Waals surface area contributed by atoms with Gasteiger partial charge in [0.15, 0.2) is 0 Å². The SMILES string of the molecule is Cc1c(NC(=O)CCN2C(=O)C(=Cc3ccccc3Cl)SC2=S)c(=O)n(-c2ccccc2)n1C. The summed E-state index contributed by atoms with van der Waals surface area (Å²) in [5.41, 5.74) is 1.92. The van der Waals surface area contributed by atoms with E-state index in [9.17, 15) is 14.4 Å². The smallest absolute Gasteiger partial charge is 0.295 e. The molecule has 1 fully saturated rings. The van der Waals surface area contributed by atoms with Crippen LogP contribution in [0.1, 0.15) is 17.7 Å². The standard InChI is InChI=1S/C24H21ClN4O3S2/c1-15-21(23(32)29(27(15)2)17-9-4-3-5-10-17)26-20(30)12-13-28-22(31)19(34-24(28)33)14-16-8-6-7-11-18(16)25/h3-11,14H,12-13H2,1-2H3,(H,26,30). The molecule has 174 valence electrons. The van der Waals surface area contributed by atoms with E-state index in [0.717, 1.165) is 5.56 Å². The van der Waals surface area contributed by atoms with Gasteiger partial charge < -0.3 is 5.32 Å². The van der Waals surface area contributed by atoms with E-state index >= 15 is 0 Å². The van der Waals surface area contributed by atoms with Crippen LogP contribution in [0.15, 0.2) is 64.3 Å². The number of aromatic nitrogens is 2. The first-order valence-corrected chi connectivity index (χ1v) is 12.0. The van der Waals surface area contributed by atoms with Crippen LogP contribution in [0.3, 0.4) is 0 Å². The normalized spacial score (nSPS) is 14.8. The molecule has 1 N–H and O–H groups in total. The largest absolute Gasteiger partial charge is 0.320 e. The van der Waals surface area contributed by atoms with E-state index in [2.05, 4.69) is 5.32 Å². The van der Waals surface area contributed by atoms with Gasteiger partial charge in [0.25, 0.3) is 11.5 Å². The molecule has 3 aromatic rings. The second kappa shape index (κ2) is 10.0. The second-order valence-corrected chi connectivity index (χ2v) is 9.67. The van der Waals surface area contributed by atoms with Gasteiger partial charge in [0, 0.05) is 25.0 Å². The monoisotopic (exact) mass is 512 g/mol. The molecule has 2 heterocycles. The summed E-state index contributed by atoms with van der Waals surface area (Å²) in [5.74, 6) is -0.653. The highest BCUT2D eigenvalue weighted by atomic mass is 35.5. The van der Waals surface area contributed by atoms with Gasteiger partial charge in [-0.2, -0.15) is 0 Å². The maximum absolute atomic E-state index is 13.0. The molecule has 0 unspecified atom stereocenters. The highest BCUT2D eigenvalue weighted by Gasteiger charge is 2.32. The van der Waals surface area contributed by atoms with Gasteiger partial charge in [-0.25, -0.2) is 4.68 Å². The Bertz CT molecular complexity index is 1380. The Morgan fingerprint density at radius 1 is 1.12 bits per heavy atom. The second-order valence-electron chi connectivity index (χ2n) is 7.59. The van der Waals surface area contributed by atoms with Crippen LogP contribution < -0.4 is 10.9 Å². The molecule has 0 aliphatic carbocycles. The van der Waals surface area contributed by atoms with Crippen LogP contribution in [0.25, 0.3) is 11.8 Å². The molecule has 2 amide bonds. The molecule has 1 aliphatic rings. The number of thioether (sulfide) groups is 1. The quantitative estimate of drug-likeness (QED) is 0.392. The molecule has 4 rings (SSSR count). The first kappa shape index (κ1) is 24.0. The highest BCUT2D eigenvalue weighted by molar-refractivity contribution is 8.26. The number of benzene rings is 2. The minimum Gasteiger partial charge on any atom is -0.320 e. The number of nitrogens with one attached hydrogen (secondary N) is 1. The maximum Gasteiger partial charge on any atom is 0.295 e. The van der Waals surface area contributed by atoms with Crippen molar-refractivity contribution < 1.29 is 9.59 Å². The van der Waals surface area contributed by atoms with E-state index < -0.39 is 0 Å². The number of hydrogen-bond donors (Lipinski definition) is 1. The lowest BCUT2D eigenvalue weighted by Gasteiger charge is -2.14. The van der Waals surface area contributed by atoms with Crippen LogP contribution in [0.4, 0.5) is 5.69 Å². The van der Waals surface area contributed by atoms with Gasteiger partial charge in [-0.1, -0.05) is 72.0 Å². The van der Waals surface area contributed by atoms with E-state index in [0.29, 0.717) is 25.6 Å². The van der Waals surface area contributed by atoms with Gasteiger partial charge in [-0.3, -0.25) is 24.0 Å². The number of rotatable bonds is 6. The minimum atomic E-state index is -0.379. The lowest BCUT2D eigenvalue weighted by Crippen LogP contribution is -2.32. The van der Waals surface area contributed by atoms with Crippen LogP contribution >= 0.6 is 35.6 Å². The van der Waals surface area contributed by atoms with Crippen molar-refractivity contribution >= 4 is 63.5 Å². The van der Waals surface area contributed by atoms with Gasteiger partial charge in [0.2, 0.25) is 5.91 Å². The molecule has 1 aliphatic heterocycles. The van der Waals surface area contributed by atoms with E-state index in [1.165, 1.54) is 21.3 Å². The van der Waals surface area contributed by atoms with E-state index in [1.54, 1.807) is 30.8 Å². The Morgan fingerprint density at radius 2 is 1.79 bits per heavy atom. The van der Waals surface area contributed by atoms with E-state index in [-0.39, 0.29) is 36.0 Å². The number of carbonyl (C=O) groups is 2. The third-order valence-corrected chi connectivity index (χ3v) is 7.17. The van der Waals surface area contributed by atoms with Crippen molar-refractivity contribution in [3.05, 3.63) is 86.1 Å². The van der Waals surface area contributed by atoms with Crippen molar-refractivity contribution in [2.75, 3.05) is 11.9 Å².